The molecule has 0 spiro atoms. The van der Waals surface area contributed by atoms with Gasteiger partial charge in [-0.1, -0.05) is 153 Å². The Morgan fingerprint density at radius 3 is 1.73 bits per heavy atom. The van der Waals surface area contributed by atoms with Gasteiger partial charge in [0.1, 0.15) is 11.2 Å². The fourth-order valence-electron chi connectivity index (χ4n) is 8.67. The molecule has 0 amide bonds. The monoisotopic (exact) mass is 717 g/mol. The van der Waals surface area contributed by atoms with E-state index >= 15 is 0 Å². The highest BCUT2D eigenvalue weighted by atomic mass is 16.3. The van der Waals surface area contributed by atoms with Crippen LogP contribution in [0.3, 0.4) is 0 Å². The number of furan rings is 1. The Bertz CT molecular complexity index is 3160. The van der Waals surface area contributed by atoms with Crippen molar-refractivity contribution in [3.63, 3.8) is 0 Å². The highest BCUT2D eigenvalue weighted by molar-refractivity contribution is 6.19. The summed E-state index contributed by atoms with van der Waals surface area (Å²) in [5.74, 6) is 1.86. The van der Waals surface area contributed by atoms with Crippen molar-refractivity contribution in [2.24, 2.45) is 0 Å². The summed E-state index contributed by atoms with van der Waals surface area (Å²) >= 11 is 0. The highest BCUT2D eigenvalue weighted by Crippen LogP contribution is 2.50. The molecule has 56 heavy (non-hydrogen) atoms. The quantitative estimate of drug-likeness (QED) is 0.178. The molecule has 0 radical (unpaired) electrons. The molecule has 11 rings (SSSR count). The minimum absolute atomic E-state index is 0.0933. The lowest BCUT2D eigenvalue weighted by molar-refractivity contribution is 0.660. The predicted octanol–water partition coefficient (Wildman–Crippen LogP) is 13.6. The maximum absolute atomic E-state index is 6.68. The molecule has 4 nitrogen and oxygen atoms in total. The third kappa shape index (κ3) is 5.10. The molecule has 0 bridgehead atoms. The van der Waals surface area contributed by atoms with Gasteiger partial charge in [-0.3, -0.25) is 0 Å². The van der Waals surface area contributed by atoms with E-state index in [1.54, 1.807) is 0 Å². The number of nitrogens with zero attached hydrogens (tertiary/aromatic N) is 3. The molecule has 0 fully saturated rings. The van der Waals surface area contributed by atoms with E-state index in [0.29, 0.717) is 17.5 Å². The topological polar surface area (TPSA) is 51.8 Å². The van der Waals surface area contributed by atoms with Gasteiger partial charge >= 0.3 is 0 Å². The van der Waals surface area contributed by atoms with Crippen LogP contribution in [0.5, 0.6) is 0 Å². The third-order valence-electron chi connectivity index (χ3n) is 11.5. The van der Waals surface area contributed by atoms with Crippen molar-refractivity contribution >= 4 is 32.7 Å². The van der Waals surface area contributed by atoms with Crippen molar-refractivity contribution < 1.29 is 4.42 Å². The van der Waals surface area contributed by atoms with Crippen LogP contribution in [0.1, 0.15) is 25.0 Å². The first-order chi connectivity index (χ1) is 27.5. The van der Waals surface area contributed by atoms with E-state index in [2.05, 4.69) is 153 Å². The summed E-state index contributed by atoms with van der Waals surface area (Å²) in [5.41, 5.74) is 14.4. The molecule has 0 aliphatic heterocycles. The Kier molecular flexibility index (Phi) is 7.17. The van der Waals surface area contributed by atoms with Gasteiger partial charge in [-0.2, -0.15) is 0 Å². The molecule has 1 aliphatic rings. The van der Waals surface area contributed by atoms with E-state index in [4.69, 9.17) is 19.4 Å². The Morgan fingerprint density at radius 2 is 0.946 bits per heavy atom. The van der Waals surface area contributed by atoms with E-state index < -0.39 is 0 Å². The first-order valence-corrected chi connectivity index (χ1v) is 19.1. The molecular formula is C52H35N3O. The number of hydrogen-bond acceptors (Lipinski definition) is 4. The number of fused-ring (bicyclic) bond motifs is 8. The fourth-order valence-corrected chi connectivity index (χ4v) is 8.67. The Hall–Kier alpha value is -7.17. The molecule has 8 aromatic carbocycles. The van der Waals surface area contributed by atoms with Crippen molar-refractivity contribution in [3.8, 4) is 67.5 Å². The summed E-state index contributed by atoms with van der Waals surface area (Å²) in [4.78, 5) is 15.2. The van der Waals surface area contributed by atoms with Crippen LogP contribution in [0.4, 0.5) is 0 Å². The summed E-state index contributed by atoms with van der Waals surface area (Å²) in [5, 5.41) is 4.34. The summed E-state index contributed by atoms with van der Waals surface area (Å²) in [6.45, 7) is 4.67. The van der Waals surface area contributed by atoms with Crippen LogP contribution in [0.15, 0.2) is 180 Å². The average Bonchev–Trinajstić information content (AvgIpc) is 3.75. The second-order valence-corrected chi connectivity index (χ2v) is 15.2. The molecule has 0 unspecified atom stereocenters. The van der Waals surface area contributed by atoms with E-state index in [9.17, 15) is 0 Å². The highest BCUT2D eigenvalue weighted by Gasteiger charge is 2.35. The van der Waals surface area contributed by atoms with Crippen molar-refractivity contribution in [3.05, 3.63) is 187 Å². The lowest BCUT2D eigenvalue weighted by Gasteiger charge is -2.22. The van der Waals surface area contributed by atoms with E-state index in [0.717, 1.165) is 55.1 Å². The lowest BCUT2D eigenvalue weighted by Crippen LogP contribution is -2.14. The first-order valence-electron chi connectivity index (χ1n) is 19.1. The zero-order valence-corrected chi connectivity index (χ0v) is 31.0. The molecule has 2 heterocycles. The largest absolute Gasteiger partial charge is 0.455 e. The molecule has 10 aromatic rings. The normalized spacial score (nSPS) is 13.0. The minimum atomic E-state index is -0.0933. The predicted molar refractivity (Wildman–Crippen MR) is 229 cm³/mol. The average molecular weight is 718 g/mol. The van der Waals surface area contributed by atoms with Crippen LogP contribution in [0.2, 0.25) is 0 Å². The molecule has 0 saturated heterocycles. The second kappa shape index (κ2) is 12.4. The van der Waals surface area contributed by atoms with Crippen molar-refractivity contribution in [2.75, 3.05) is 0 Å². The Labute approximate surface area is 324 Å². The van der Waals surface area contributed by atoms with E-state index in [1.807, 2.05) is 36.4 Å². The van der Waals surface area contributed by atoms with Gasteiger partial charge in [0.2, 0.25) is 0 Å². The molecular weight excluding hydrogens is 683 g/mol. The zero-order valence-electron chi connectivity index (χ0n) is 31.0. The zero-order chi connectivity index (χ0) is 37.4. The molecule has 0 atom stereocenters. The maximum Gasteiger partial charge on any atom is 0.164 e. The number of aromatic nitrogens is 3. The number of hydrogen-bond donors (Lipinski definition) is 0. The van der Waals surface area contributed by atoms with Crippen LogP contribution in [-0.2, 0) is 5.41 Å². The van der Waals surface area contributed by atoms with Crippen LogP contribution in [0, 0.1) is 0 Å². The summed E-state index contributed by atoms with van der Waals surface area (Å²) < 4.78 is 6.68. The van der Waals surface area contributed by atoms with Crippen LogP contribution < -0.4 is 0 Å². The van der Waals surface area contributed by atoms with Gasteiger partial charge in [-0.05, 0) is 86.3 Å². The maximum atomic E-state index is 6.68. The van der Waals surface area contributed by atoms with Gasteiger partial charge in [-0.25, -0.2) is 15.0 Å². The SMILES string of the molecule is CC1(C)c2ccccc2-c2ccc(-c3cc4c5cc(-c6nc(-c7ccccc7)nc(-c7cccc(-c8ccccc8)c7)n6)ccc5oc4c4ccccc34)cc21. The Balaban J connectivity index is 1.09. The number of benzene rings is 8. The van der Waals surface area contributed by atoms with Gasteiger partial charge in [0.25, 0.3) is 0 Å². The van der Waals surface area contributed by atoms with Crippen LogP contribution in [-0.4, -0.2) is 15.0 Å². The van der Waals surface area contributed by atoms with Gasteiger partial charge in [-0.15, -0.1) is 0 Å². The second-order valence-electron chi connectivity index (χ2n) is 15.2. The Morgan fingerprint density at radius 1 is 0.357 bits per heavy atom. The number of rotatable bonds is 5. The molecule has 4 heteroatoms. The summed E-state index contributed by atoms with van der Waals surface area (Å²) in [7, 11) is 0. The first kappa shape index (κ1) is 32.3. The summed E-state index contributed by atoms with van der Waals surface area (Å²) in [6.07, 6.45) is 0. The lowest BCUT2D eigenvalue weighted by atomic mass is 9.81. The molecule has 0 saturated carbocycles. The van der Waals surface area contributed by atoms with Gasteiger partial charge in [0.15, 0.2) is 17.5 Å². The van der Waals surface area contributed by atoms with Gasteiger partial charge < -0.3 is 4.42 Å². The molecule has 1 aliphatic carbocycles. The van der Waals surface area contributed by atoms with Crippen molar-refractivity contribution in [1.29, 1.82) is 0 Å². The smallest absolute Gasteiger partial charge is 0.164 e. The van der Waals surface area contributed by atoms with Crippen molar-refractivity contribution in [1.82, 2.24) is 15.0 Å². The van der Waals surface area contributed by atoms with E-state index in [1.165, 1.54) is 38.8 Å². The molecule has 2 aromatic heterocycles. The van der Waals surface area contributed by atoms with E-state index in [-0.39, 0.29) is 5.41 Å². The molecule has 0 N–H and O–H groups in total. The van der Waals surface area contributed by atoms with Gasteiger partial charge in [0.05, 0.1) is 0 Å². The minimum Gasteiger partial charge on any atom is -0.455 e. The van der Waals surface area contributed by atoms with Gasteiger partial charge in [0, 0.05) is 38.3 Å². The van der Waals surface area contributed by atoms with Crippen LogP contribution in [0.25, 0.3) is 100 Å². The van der Waals surface area contributed by atoms with Crippen molar-refractivity contribution in [2.45, 2.75) is 19.3 Å². The molecule has 264 valence electrons. The standard InChI is InChI=1S/C52H35N3O/c1-52(2)45-23-12-11-21-39(45)40-26-24-35(30-46(40)52)42-31-44-43-29-37(25-27-47(43)56-48(44)41-22-10-9-20-38(41)42)51-54-49(33-16-7-4-8-17-33)53-50(55-51)36-19-13-18-34(28-36)32-14-5-3-6-15-32/h3-31H,1-2H3. The van der Waals surface area contributed by atoms with Crippen LogP contribution >= 0.6 is 0 Å². The summed E-state index contributed by atoms with van der Waals surface area (Å²) in [6, 6.07) is 61.9. The third-order valence-corrected chi connectivity index (χ3v) is 11.5. The fraction of sp³-hybridized carbons (Fsp3) is 0.0577.